The molecule has 96 valence electrons. The van der Waals surface area contributed by atoms with E-state index in [1.54, 1.807) is 0 Å². The van der Waals surface area contributed by atoms with Crippen molar-refractivity contribution in [3.63, 3.8) is 0 Å². The predicted octanol–water partition coefficient (Wildman–Crippen LogP) is 0.0598. The quantitative estimate of drug-likeness (QED) is 0.551. The molecule has 0 atom stereocenters. The van der Waals surface area contributed by atoms with E-state index in [0.29, 0.717) is 0 Å². The lowest BCUT2D eigenvalue weighted by Gasteiger charge is -2.07. The van der Waals surface area contributed by atoms with Crippen molar-refractivity contribution in [1.82, 2.24) is 20.5 Å². The van der Waals surface area contributed by atoms with Gasteiger partial charge in [-0.05, 0) is 0 Å². The highest BCUT2D eigenvalue weighted by Gasteiger charge is 2.27. The summed E-state index contributed by atoms with van der Waals surface area (Å²) in [5.74, 6) is -1.22. The molecule has 1 rings (SSSR count). The van der Waals surface area contributed by atoms with Crippen LogP contribution in [0.3, 0.4) is 0 Å². The molecule has 0 fully saturated rings. The Morgan fingerprint density at radius 2 is 2.29 bits per heavy atom. The number of carboxylic acids is 1. The number of alkyl halides is 3. The average Bonchev–Trinajstić information content (AvgIpc) is 2.64. The van der Waals surface area contributed by atoms with E-state index >= 15 is 0 Å². The van der Waals surface area contributed by atoms with E-state index in [4.69, 9.17) is 5.11 Å². The monoisotopic (exact) mass is 254 g/mol. The molecule has 10 heteroatoms. The minimum absolute atomic E-state index is 0.0402. The van der Waals surface area contributed by atoms with Crippen LogP contribution in [-0.4, -0.2) is 45.4 Å². The number of halogens is 3. The van der Waals surface area contributed by atoms with Crippen molar-refractivity contribution in [1.29, 1.82) is 0 Å². The first-order chi connectivity index (χ1) is 7.88. The minimum atomic E-state index is -4.39. The largest absolute Gasteiger partial charge is 0.476 e. The fourth-order valence-corrected chi connectivity index (χ4v) is 0.871. The van der Waals surface area contributed by atoms with E-state index < -0.39 is 18.8 Å². The van der Waals surface area contributed by atoms with Gasteiger partial charge in [0.2, 0.25) is 0 Å². The van der Waals surface area contributed by atoms with Gasteiger partial charge in [-0.25, -0.2) is 10.3 Å². The highest BCUT2D eigenvalue weighted by Crippen LogP contribution is 2.13. The smallest absolute Gasteiger partial charge is 0.413 e. The second-order valence-corrected chi connectivity index (χ2v) is 2.97. The molecule has 0 aliphatic heterocycles. The molecule has 0 spiro atoms. The zero-order chi connectivity index (χ0) is 12.9. The van der Waals surface area contributed by atoms with Crippen molar-refractivity contribution < 1.29 is 27.9 Å². The normalized spacial score (nSPS) is 11.7. The van der Waals surface area contributed by atoms with E-state index in [1.165, 1.54) is 4.68 Å². The van der Waals surface area contributed by atoms with Gasteiger partial charge in [0.15, 0.2) is 12.3 Å². The zero-order valence-corrected chi connectivity index (χ0v) is 8.44. The third-order valence-electron chi connectivity index (χ3n) is 1.54. The molecule has 0 aliphatic carbocycles. The maximum atomic E-state index is 11.6. The van der Waals surface area contributed by atoms with Gasteiger partial charge in [0.25, 0.3) is 0 Å². The van der Waals surface area contributed by atoms with Crippen molar-refractivity contribution in [3.8, 4) is 0 Å². The Labute approximate surface area is 93.1 Å². The molecule has 0 saturated carbocycles. The van der Waals surface area contributed by atoms with Gasteiger partial charge in [-0.3, -0.25) is 9.52 Å². The molecule has 17 heavy (non-hydrogen) atoms. The Hall–Kier alpha value is -1.68. The molecule has 1 heterocycles. The van der Waals surface area contributed by atoms with Crippen LogP contribution in [0.4, 0.5) is 13.2 Å². The summed E-state index contributed by atoms with van der Waals surface area (Å²) in [5, 5.41) is 15.3. The summed E-state index contributed by atoms with van der Waals surface area (Å²) in [5.41, 5.74) is 1.84. The van der Waals surface area contributed by atoms with Crippen molar-refractivity contribution in [2.24, 2.45) is 0 Å². The van der Waals surface area contributed by atoms with Crippen LogP contribution < -0.4 is 5.48 Å². The number of aromatic nitrogens is 3. The first kappa shape index (κ1) is 13.4. The minimum Gasteiger partial charge on any atom is -0.476 e. The Bertz CT molecular complexity index is 379. The van der Waals surface area contributed by atoms with Gasteiger partial charge >= 0.3 is 12.1 Å². The Balaban J connectivity index is 2.20. The number of hydrogen-bond acceptors (Lipinski definition) is 5. The maximum absolute atomic E-state index is 11.6. The molecule has 0 radical (unpaired) electrons. The van der Waals surface area contributed by atoms with Crippen LogP contribution in [-0.2, 0) is 11.4 Å². The van der Waals surface area contributed by atoms with Crippen LogP contribution in [0.15, 0.2) is 6.20 Å². The van der Waals surface area contributed by atoms with E-state index in [-0.39, 0.29) is 18.8 Å². The summed E-state index contributed by atoms with van der Waals surface area (Å²) in [4.78, 5) is 14.5. The van der Waals surface area contributed by atoms with Crippen LogP contribution in [0.5, 0.6) is 0 Å². The Morgan fingerprint density at radius 3 is 2.82 bits per heavy atom. The lowest BCUT2D eigenvalue weighted by molar-refractivity contribution is -0.189. The standard InChI is InChI=1S/C7H9F3N4O3/c8-7(9,10)4-17-11-1-2-14-3-5(6(15)16)12-13-14/h3,11H,1-2,4H2,(H,15,16). The topological polar surface area (TPSA) is 89.3 Å². The molecule has 1 aromatic heterocycles. The maximum Gasteiger partial charge on any atom is 0.413 e. The number of rotatable bonds is 6. The molecule has 7 nitrogen and oxygen atoms in total. The molecular weight excluding hydrogens is 245 g/mol. The van der Waals surface area contributed by atoms with Crippen LogP contribution in [0.1, 0.15) is 10.5 Å². The fourth-order valence-electron chi connectivity index (χ4n) is 0.871. The average molecular weight is 254 g/mol. The summed E-state index contributed by atoms with van der Waals surface area (Å²) in [6.07, 6.45) is -3.23. The van der Waals surface area contributed by atoms with Crippen LogP contribution in [0, 0.1) is 0 Å². The number of nitrogens with one attached hydrogen (secondary N) is 1. The summed E-state index contributed by atoms with van der Waals surface area (Å²) < 4.78 is 36.1. The predicted molar refractivity (Wildman–Crippen MR) is 47.0 cm³/mol. The highest BCUT2D eigenvalue weighted by atomic mass is 19.4. The number of hydroxylamine groups is 1. The first-order valence-electron chi connectivity index (χ1n) is 4.43. The van der Waals surface area contributed by atoms with Crippen molar-refractivity contribution >= 4 is 5.97 Å². The SMILES string of the molecule is O=C(O)c1cn(CCNOCC(F)(F)F)nn1. The summed E-state index contributed by atoms with van der Waals surface area (Å²) >= 11 is 0. The van der Waals surface area contributed by atoms with Crippen molar-refractivity contribution in [2.75, 3.05) is 13.2 Å². The molecular formula is C7H9F3N4O3. The lowest BCUT2D eigenvalue weighted by Crippen LogP contribution is -2.27. The van der Waals surface area contributed by atoms with Gasteiger partial charge in [-0.2, -0.15) is 13.2 Å². The molecule has 2 N–H and O–H groups in total. The van der Waals surface area contributed by atoms with Crippen LogP contribution in [0.25, 0.3) is 0 Å². The van der Waals surface area contributed by atoms with Gasteiger partial charge in [0.05, 0.1) is 12.7 Å². The Kier molecular flexibility index (Phi) is 4.40. The first-order valence-corrected chi connectivity index (χ1v) is 4.43. The molecule has 0 amide bonds. The summed E-state index contributed by atoms with van der Waals surface area (Å²) in [6, 6.07) is 0. The number of carboxylic acid groups (broad SMARTS) is 1. The van der Waals surface area contributed by atoms with E-state index in [9.17, 15) is 18.0 Å². The molecule has 0 unspecified atom stereocenters. The fraction of sp³-hybridized carbons (Fsp3) is 0.571. The van der Waals surface area contributed by atoms with E-state index in [2.05, 4.69) is 20.6 Å². The second kappa shape index (κ2) is 5.59. The molecule has 0 aromatic carbocycles. The molecule has 0 saturated heterocycles. The van der Waals surface area contributed by atoms with Gasteiger partial charge in [0.1, 0.15) is 0 Å². The van der Waals surface area contributed by atoms with Gasteiger partial charge < -0.3 is 5.11 Å². The summed E-state index contributed by atoms with van der Waals surface area (Å²) in [6.45, 7) is -1.22. The number of aromatic carboxylic acids is 1. The second-order valence-electron chi connectivity index (χ2n) is 2.97. The van der Waals surface area contributed by atoms with Crippen molar-refractivity contribution in [3.05, 3.63) is 11.9 Å². The third kappa shape index (κ3) is 5.26. The molecule has 1 aromatic rings. The van der Waals surface area contributed by atoms with Gasteiger partial charge in [-0.1, -0.05) is 5.21 Å². The number of carbonyl (C=O) groups is 1. The molecule has 0 bridgehead atoms. The van der Waals surface area contributed by atoms with Crippen LogP contribution >= 0.6 is 0 Å². The van der Waals surface area contributed by atoms with Gasteiger partial charge in [-0.15, -0.1) is 5.10 Å². The highest BCUT2D eigenvalue weighted by molar-refractivity contribution is 5.84. The van der Waals surface area contributed by atoms with Crippen LogP contribution in [0.2, 0.25) is 0 Å². The summed E-state index contributed by atoms with van der Waals surface area (Å²) in [7, 11) is 0. The lowest BCUT2D eigenvalue weighted by atomic mass is 10.5. The molecule has 0 aliphatic rings. The van der Waals surface area contributed by atoms with Crippen molar-refractivity contribution in [2.45, 2.75) is 12.7 Å². The van der Waals surface area contributed by atoms with Gasteiger partial charge in [0, 0.05) is 6.54 Å². The zero-order valence-electron chi connectivity index (χ0n) is 8.44. The number of hydrogen-bond donors (Lipinski definition) is 2. The van der Waals surface area contributed by atoms with E-state index in [1.807, 2.05) is 0 Å². The van der Waals surface area contributed by atoms with E-state index in [0.717, 1.165) is 6.20 Å². The third-order valence-corrected chi connectivity index (χ3v) is 1.54. The Morgan fingerprint density at radius 1 is 1.59 bits per heavy atom. The number of nitrogens with zero attached hydrogens (tertiary/aromatic N) is 3.